The van der Waals surface area contributed by atoms with Crippen molar-refractivity contribution in [3.63, 3.8) is 0 Å². The van der Waals surface area contributed by atoms with E-state index >= 15 is 0 Å². The van der Waals surface area contributed by atoms with Gasteiger partial charge in [0.1, 0.15) is 5.75 Å². The van der Waals surface area contributed by atoms with Gasteiger partial charge in [-0.3, -0.25) is 9.48 Å². The predicted octanol–water partition coefficient (Wildman–Crippen LogP) is 4.81. The lowest BCUT2D eigenvalue weighted by molar-refractivity contribution is -0.142. The van der Waals surface area contributed by atoms with E-state index in [-0.39, 0.29) is 31.0 Å². The van der Waals surface area contributed by atoms with Crippen LogP contribution in [0.4, 0.5) is 13.2 Å². The smallest absolute Gasteiger partial charge is 0.435 e. The second-order valence-electron chi connectivity index (χ2n) is 8.55. The van der Waals surface area contributed by atoms with Crippen molar-refractivity contribution in [1.29, 1.82) is 0 Å². The first-order valence-electron chi connectivity index (χ1n) is 10.9. The Morgan fingerprint density at radius 3 is 2.52 bits per heavy atom. The summed E-state index contributed by atoms with van der Waals surface area (Å²) in [7, 11) is 1.56. The van der Waals surface area contributed by atoms with Gasteiger partial charge in [0.2, 0.25) is 5.91 Å². The minimum Gasteiger partial charge on any atom is -0.497 e. The molecule has 2 aromatic rings. The second-order valence-corrected chi connectivity index (χ2v) is 8.55. The van der Waals surface area contributed by atoms with Crippen molar-refractivity contribution in [2.24, 2.45) is 5.92 Å². The van der Waals surface area contributed by atoms with Crippen LogP contribution in [-0.4, -0.2) is 34.2 Å². The normalized spacial score (nSPS) is 17.5. The molecule has 0 spiro atoms. The zero-order valence-electron chi connectivity index (χ0n) is 17.7. The molecule has 0 saturated heterocycles. The van der Waals surface area contributed by atoms with E-state index in [0.29, 0.717) is 30.3 Å². The standard InChI is InChI=1S/C23H28F3N3O2/c1-31-18-9-7-17(8-10-18)14-29-20-15-28(21(30)13-16-5-3-2-4-6-16)12-11-19(20)22(27-29)23(24,25)26/h7-10,16H,2-6,11-15H2,1H3. The van der Waals surface area contributed by atoms with Crippen LogP contribution in [0.15, 0.2) is 24.3 Å². The lowest BCUT2D eigenvalue weighted by Crippen LogP contribution is -2.38. The number of benzene rings is 1. The van der Waals surface area contributed by atoms with Crippen molar-refractivity contribution < 1.29 is 22.7 Å². The van der Waals surface area contributed by atoms with E-state index in [4.69, 9.17) is 4.74 Å². The summed E-state index contributed by atoms with van der Waals surface area (Å²) in [6.07, 6.45) is 1.84. The van der Waals surface area contributed by atoms with Crippen LogP contribution in [0, 0.1) is 5.92 Å². The van der Waals surface area contributed by atoms with Crippen LogP contribution >= 0.6 is 0 Å². The number of fused-ring (bicyclic) bond motifs is 1. The summed E-state index contributed by atoms with van der Waals surface area (Å²) >= 11 is 0. The van der Waals surface area contributed by atoms with Crippen molar-refractivity contribution in [1.82, 2.24) is 14.7 Å². The molecule has 8 heteroatoms. The van der Waals surface area contributed by atoms with Crippen molar-refractivity contribution in [2.45, 2.75) is 64.2 Å². The summed E-state index contributed by atoms with van der Waals surface area (Å²) in [6, 6.07) is 7.18. The van der Waals surface area contributed by atoms with Gasteiger partial charge in [-0.25, -0.2) is 0 Å². The van der Waals surface area contributed by atoms with Crippen LogP contribution < -0.4 is 4.74 Å². The number of amides is 1. The molecule has 0 bridgehead atoms. The number of methoxy groups -OCH3 is 1. The van der Waals surface area contributed by atoms with Crippen LogP contribution in [0.2, 0.25) is 0 Å². The molecule has 2 aliphatic rings. The third kappa shape index (κ3) is 4.88. The number of carbonyl (C=O) groups excluding carboxylic acids is 1. The highest BCUT2D eigenvalue weighted by molar-refractivity contribution is 5.76. The van der Waals surface area contributed by atoms with Crippen LogP contribution in [0.25, 0.3) is 0 Å². The summed E-state index contributed by atoms with van der Waals surface area (Å²) in [5.74, 6) is 1.13. The van der Waals surface area contributed by atoms with E-state index in [2.05, 4.69) is 5.10 Å². The van der Waals surface area contributed by atoms with Gasteiger partial charge in [-0.2, -0.15) is 18.3 Å². The summed E-state index contributed by atoms with van der Waals surface area (Å²) in [5, 5.41) is 3.93. The van der Waals surface area contributed by atoms with Gasteiger partial charge in [0.05, 0.1) is 25.9 Å². The van der Waals surface area contributed by atoms with E-state index in [1.165, 1.54) is 11.1 Å². The van der Waals surface area contributed by atoms with E-state index in [1.807, 2.05) is 12.1 Å². The van der Waals surface area contributed by atoms with Gasteiger partial charge >= 0.3 is 6.18 Å². The van der Waals surface area contributed by atoms with Gasteiger partial charge < -0.3 is 9.64 Å². The molecule has 2 heterocycles. The van der Waals surface area contributed by atoms with Gasteiger partial charge in [-0.1, -0.05) is 31.4 Å². The van der Waals surface area contributed by atoms with Crippen molar-refractivity contribution in [3.8, 4) is 5.75 Å². The molecule has 1 aliphatic carbocycles. The van der Waals surface area contributed by atoms with Gasteiger partial charge in [-0.05, 0) is 42.9 Å². The fraction of sp³-hybridized carbons (Fsp3) is 0.565. The molecule has 1 fully saturated rings. The number of ether oxygens (including phenoxy) is 1. The molecule has 0 radical (unpaired) electrons. The number of rotatable bonds is 5. The molecule has 1 aliphatic heterocycles. The SMILES string of the molecule is COc1ccc(Cn2nc(C(F)(F)F)c3c2CN(C(=O)CC2CCCCC2)CC3)cc1. The third-order valence-corrected chi connectivity index (χ3v) is 6.44. The molecule has 168 valence electrons. The minimum absolute atomic E-state index is 0.0447. The molecule has 4 rings (SSSR count). The third-order valence-electron chi connectivity index (χ3n) is 6.44. The first-order valence-corrected chi connectivity index (χ1v) is 10.9. The molecule has 1 aromatic carbocycles. The van der Waals surface area contributed by atoms with Crippen molar-refractivity contribution in [3.05, 3.63) is 46.8 Å². The van der Waals surface area contributed by atoms with Gasteiger partial charge in [0, 0.05) is 18.5 Å². The summed E-state index contributed by atoms with van der Waals surface area (Å²) in [5.41, 5.74) is 0.718. The summed E-state index contributed by atoms with van der Waals surface area (Å²) in [4.78, 5) is 14.6. The lowest BCUT2D eigenvalue weighted by atomic mass is 9.86. The molecule has 0 unspecified atom stereocenters. The highest BCUT2D eigenvalue weighted by atomic mass is 19.4. The zero-order chi connectivity index (χ0) is 22.0. The van der Waals surface area contributed by atoms with Gasteiger partial charge in [0.15, 0.2) is 5.69 Å². The summed E-state index contributed by atoms with van der Waals surface area (Å²) < 4.78 is 47.4. The molecule has 0 atom stereocenters. The zero-order valence-corrected chi connectivity index (χ0v) is 17.7. The molecular formula is C23H28F3N3O2. The number of hydrogen-bond acceptors (Lipinski definition) is 3. The maximum absolute atomic E-state index is 13.6. The minimum atomic E-state index is -4.51. The van der Waals surface area contributed by atoms with Crippen LogP contribution in [0.1, 0.15) is 61.0 Å². The summed E-state index contributed by atoms with van der Waals surface area (Å²) in [6.45, 7) is 0.711. The number of carbonyl (C=O) groups is 1. The maximum atomic E-state index is 13.6. The average Bonchev–Trinajstić information content (AvgIpc) is 3.13. The Labute approximate surface area is 180 Å². The van der Waals surface area contributed by atoms with Gasteiger partial charge in [0.25, 0.3) is 0 Å². The fourth-order valence-electron chi connectivity index (χ4n) is 4.72. The van der Waals surface area contributed by atoms with E-state index in [1.54, 1.807) is 24.1 Å². The second kappa shape index (κ2) is 8.93. The van der Waals surface area contributed by atoms with Crippen LogP contribution in [0.3, 0.4) is 0 Å². The van der Waals surface area contributed by atoms with Crippen molar-refractivity contribution >= 4 is 5.91 Å². The topological polar surface area (TPSA) is 47.4 Å². The number of halogens is 3. The van der Waals surface area contributed by atoms with Crippen LogP contribution in [-0.2, 0) is 30.5 Å². The Bertz CT molecular complexity index is 915. The molecular weight excluding hydrogens is 407 g/mol. The molecule has 1 aromatic heterocycles. The first kappa shape index (κ1) is 21.7. The molecule has 1 amide bonds. The molecule has 31 heavy (non-hydrogen) atoms. The molecule has 5 nitrogen and oxygen atoms in total. The molecule has 1 saturated carbocycles. The number of hydrogen-bond donors (Lipinski definition) is 0. The Morgan fingerprint density at radius 1 is 1.16 bits per heavy atom. The first-order chi connectivity index (χ1) is 14.8. The number of nitrogens with zero attached hydrogens (tertiary/aromatic N) is 3. The monoisotopic (exact) mass is 435 g/mol. The van der Waals surface area contributed by atoms with E-state index in [9.17, 15) is 18.0 Å². The van der Waals surface area contributed by atoms with E-state index in [0.717, 1.165) is 31.2 Å². The molecule has 0 N–H and O–H groups in total. The quantitative estimate of drug-likeness (QED) is 0.677. The highest BCUT2D eigenvalue weighted by Gasteiger charge is 2.41. The number of alkyl halides is 3. The van der Waals surface area contributed by atoms with Gasteiger partial charge in [-0.15, -0.1) is 0 Å². The Kier molecular flexibility index (Phi) is 6.25. The lowest BCUT2D eigenvalue weighted by Gasteiger charge is -2.30. The van der Waals surface area contributed by atoms with E-state index < -0.39 is 11.9 Å². The van der Waals surface area contributed by atoms with Crippen LogP contribution in [0.5, 0.6) is 5.75 Å². The number of aromatic nitrogens is 2. The Balaban J connectivity index is 1.56. The predicted molar refractivity (Wildman–Crippen MR) is 110 cm³/mol. The Morgan fingerprint density at radius 2 is 1.87 bits per heavy atom. The highest BCUT2D eigenvalue weighted by Crippen LogP contribution is 2.36. The fourth-order valence-corrected chi connectivity index (χ4v) is 4.72. The average molecular weight is 435 g/mol. The largest absolute Gasteiger partial charge is 0.497 e. The Hall–Kier alpha value is -2.51. The van der Waals surface area contributed by atoms with Crippen molar-refractivity contribution in [2.75, 3.05) is 13.7 Å². The maximum Gasteiger partial charge on any atom is 0.435 e.